The van der Waals surface area contributed by atoms with Crippen LogP contribution >= 0.6 is 11.6 Å². The molecule has 1 aliphatic rings. The van der Waals surface area contributed by atoms with Crippen molar-refractivity contribution in [1.29, 1.82) is 0 Å². The van der Waals surface area contributed by atoms with Crippen LogP contribution in [0.4, 0.5) is 4.39 Å². The van der Waals surface area contributed by atoms with E-state index in [1.807, 2.05) is 0 Å². The number of carbonyl (C=O) groups excluding carboxylic acids is 1. The van der Waals surface area contributed by atoms with Crippen LogP contribution in [-0.2, 0) is 11.3 Å². The molecule has 0 N–H and O–H groups in total. The third-order valence-corrected chi connectivity index (χ3v) is 4.70. The van der Waals surface area contributed by atoms with Gasteiger partial charge >= 0.3 is 0 Å². The van der Waals surface area contributed by atoms with Crippen LogP contribution in [0.5, 0.6) is 0 Å². The molecule has 1 aliphatic heterocycles. The summed E-state index contributed by atoms with van der Waals surface area (Å²) < 4.78 is 18.6. The number of benzene rings is 1. The Hall–Kier alpha value is -2.80. The molecule has 0 aliphatic carbocycles. The molecule has 1 atom stereocenters. The monoisotopic (exact) mass is 372 g/mol. The fourth-order valence-corrected chi connectivity index (χ4v) is 3.24. The van der Waals surface area contributed by atoms with E-state index in [2.05, 4.69) is 15.1 Å². The van der Waals surface area contributed by atoms with Gasteiger partial charge in [0.1, 0.15) is 11.9 Å². The fraction of sp³-hybridized carbons (Fsp3) is 0.222. The standard InChI is InChI=1S/C18H14ClFN4O2/c19-14-9-13(20)2-1-12(14)10-24-15(3-4-16(24)25)18-22-17(23-26-18)11-5-7-21-8-6-11/h1-2,5-9,15H,3-4,10H2. The number of aromatic nitrogens is 3. The number of carbonyl (C=O) groups is 1. The average Bonchev–Trinajstić information content (AvgIpc) is 3.26. The summed E-state index contributed by atoms with van der Waals surface area (Å²) in [6, 6.07) is 7.38. The zero-order valence-electron chi connectivity index (χ0n) is 13.6. The van der Waals surface area contributed by atoms with Gasteiger partial charge in [0.15, 0.2) is 0 Å². The highest BCUT2D eigenvalue weighted by Gasteiger charge is 2.36. The van der Waals surface area contributed by atoms with Gasteiger partial charge in [0, 0.05) is 35.9 Å². The van der Waals surface area contributed by atoms with E-state index in [1.165, 1.54) is 12.1 Å². The summed E-state index contributed by atoms with van der Waals surface area (Å²) >= 11 is 6.10. The molecule has 0 spiro atoms. The predicted octanol–water partition coefficient (Wildman–Crippen LogP) is 3.79. The molecule has 0 saturated carbocycles. The number of pyridine rings is 1. The summed E-state index contributed by atoms with van der Waals surface area (Å²) in [6.07, 6.45) is 4.26. The maximum absolute atomic E-state index is 13.2. The normalized spacial score (nSPS) is 17.1. The maximum Gasteiger partial charge on any atom is 0.249 e. The van der Waals surface area contributed by atoms with E-state index in [-0.39, 0.29) is 23.5 Å². The lowest BCUT2D eigenvalue weighted by Crippen LogP contribution is -2.27. The molecule has 1 amide bonds. The molecule has 1 fully saturated rings. The molecule has 132 valence electrons. The second-order valence-electron chi connectivity index (χ2n) is 6.00. The lowest BCUT2D eigenvalue weighted by molar-refractivity contribution is -0.129. The van der Waals surface area contributed by atoms with Crippen LogP contribution < -0.4 is 0 Å². The van der Waals surface area contributed by atoms with Crippen molar-refractivity contribution < 1.29 is 13.7 Å². The number of amides is 1. The largest absolute Gasteiger partial charge is 0.337 e. The number of rotatable bonds is 4. The predicted molar refractivity (Wildman–Crippen MR) is 91.5 cm³/mol. The van der Waals surface area contributed by atoms with E-state index in [1.54, 1.807) is 35.5 Å². The highest BCUT2D eigenvalue weighted by Crippen LogP contribution is 2.35. The molecular formula is C18H14ClFN4O2. The molecular weight excluding hydrogens is 359 g/mol. The van der Waals surface area contributed by atoms with Crippen molar-refractivity contribution in [3.8, 4) is 11.4 Å². The Kier molecular flexibility index (Phi) is 4.38. The zero-order valence-corrected chi connectivity index (χ0v) is 14.4. The third-order valence-electron chi connectivity index (χ3n) is 4.35. The molecule has 4 rings (SSSR count). The third kappa shape index (κ3) is 3.17. The van der Waals surface area contributed by atoms with Gasteiger partial charge in [-0.3, -0.25) is 9.78 Å². The minimum atomic E-state index is -0.415. The highest BCUT2D eigenvalue weighted by atomic mass is 35.5. The first-order chi connectivity index (χ1) is 12.6. The summed E-state index contributed by atoms with van der Waals surface area (Å²) in [6.45, 7) is 0.260. The summed E-state index contributed by atoms with van der Waals surface area (Å²) in [5.74, 6) is 0.378. The molecule has 26 heavy (non-hydrogen) atoms. The van der Waals surface area contributed by atoms with Gasteiger partial charge in [-0.15, -0.1) is 0 Å². The van der Waals surface area contributed by atoms with Gasteiger partial charge in [0.05, 0.1) is 0 Å². The number of halogens is 2. The van der Waals surface area contributed by atoms with Gasteiger partial charge in [-0.2, -0.15) is 4.98 Å². The van der Waals surface area contributed by atoms with E-state index >= 15 is 0 Å². The Labute approximate surface area is 153 Å². The van der Waals surface area contributed by atoms with Crippen LogP contribution in [0.15, 0.2) is 47.2 Å². The van der Waals surface area contributed by atoms with Crippen LogP contribution in [0.1, 0.15) is 30.3 Å². The lowest BCUT2D eigenvalue weighted by atomic mass is 10.1. The first-order valence-electron chi connectivity index (χ1n) is 8.09. The Morgan fingerprint density at radius 2 is 2.08 bits per heavy atom. The van der Waals surface area contributed by atoms with Crippen molar-refractivity contribution in [3.63, 3.8) is 0 Å². The highest BCUT2D eigenvalue weighted by molar-refractivity contribution is 6.31. The summed E-state index contributed by atoms with van der Waals surface area (Å²) in [7, 11) is 0. The second-order valence-corrected chi connectivity index (χ2v) is 6.41. The summed E-state index contributed by atoms with van der Waals surface area (Å²) in [4.78, 5) is 22.4. The van der Waals surface area contributed by atoms with Gasteiger partial charge in [0.25, 0.3) is 0 Å². The van der Waals surface area contributed by atoms with Crippen LogP contribution in [0.2, 0.25) is 5.02 Å². The molecule has 3 heterocycles. The van der Waals surface area contributed by atoms with E-state index < -0.39 is 5.82 Å². The van der Waals surface area contributed by atoms with E-state index in [9.17, 15) is 9.18 Å². The van der Waals surface area contributed by atoms with Crippen molar-refractivity contribution in [2.45, 2.75) is 25.4 Å². The van der Waals surface area contributed by atoms with Gasteiger partial charge in [-0.1, -0.05) is 22.8 Å². The zero-order chi connectivity index (χ0) is 18.1. The van der Waals surface area contributed by atoms with Crippen molar-refractivity contribution >= 4 is 17.5 Å². The number of hydrogen-bond donors (Lipinski definition) is 0. The quantitative estimate of drug-likeness (QED) is 0.696. The van der Waals surface area contributed by atoms with Gasteiger partial charge in [0.2, 0.25) is 17.6 Å². The first-order valence-corrected chi connectivity index (χ1v) is 8.47. The Balaban J connectivity index is 1.59. The maximum atomic E-state index is 13.2. The topological polar surface area (TPSA) is 72.1 Å². The first kappa shape index (κ1) is 16.7. The van der Waals surface area contributed by atoms with Crippen molar-refractivity contribution in [2.75, 3.05) is 0 Å². The lowest BCUT2D eigenvalue weighted by Gasteiger charge is -2.22. The molecule has 6 nitrogen and oxygen atoms in total. The second kappa shape index (κ2) is 6.84. The molecule has 1 saturated heterocycles. The Morgan fingerprint density at radius 3 is 2.85 bits per heavy atom. The Bertz CT molecular complexity index is 947. The summed E-state index contributed by atoms with van der Waals surface area (Å²) in [5, 5.41) is 4.28. The van der Waals surface area contributed by atoms with Gasteiger partial charge in [-0.25, -0.2) is 4.39 Å². The van der Waals surface area contributed by atoms with Gasteiger partial charge < -0.3 is 9.42 Å². The van der Waals surface area contributed by atoms with Crippen molar-refractivity contribution in [3.05, 3.63) is 65.0 Å². The Morgan fingerprint density at radius 1 is 1.27 bits per heavy atom. The summed E-state index contributed by atoms with van der Waals surface area (Å²) in [5.41, 5.74) is 1.45. The van der Waals surface area contributed by atoms with Crippen LogP contribution in [-0.4, -0.2) is 25.9 Å². The molecule has 2 aromatic heterocycles. The molecule has 1 aromatic carbocycles. The van der Waals surface area contributed by atoms with Crippen LogP contribution in [0, 0.1) is 5.82 Å². The molecule has 0 bridgehead atoms. The number of nitrogens with zero attached hydrogens (tertiary/aromatic N) is 4. The fourth-order valence-electron chi connectivity index (χ4n) is 3.01. The van der Waals surface area contributed by atoms with E-state index in [4.69, 9.17) is 16.1 Å². The number of hydrogen-bond acceptors (Lipinski definition) is 5. The van der Waals surface area contributed by atoms with Crippen LogP contribution in [0.3, 0.4) is 0 Å². The molecule has 0 radical (unpaired) electrons. The van der Waals surface area contributed by atoms with E-state index in [0.717, 1.165) is 5.56 Å². The molecule has 8 heteroatoms. The van der Waals surface area contributed by atoms with Crippen molar-refractivity contribution in [2.24, 2.45) is 0 Å². The van der Waals surface area contributed by atoms with Crippen LogP contribution in [0.25, 0.3) is 11.4 Å². The SMILES string of the molecule is O=C1CCC(c2nc(-c3ccncc3)no2)N1Cc1ccc(F)cc1Cl. The molecule has 3 aromatic rings. The molecule has 1 unspecified atom stereocenters. The van der Waals surface area contributed by atoms with E-state index in [0.29, 0.717) is 30.1 Å². The number of likely N-dealkylation sites (tertiary alicyclic amines) is 1. The smallest absolute Gasteiger partial charge is 0.249 e. The average molecular weight is 373 g/mol. The minimum Gasteiger partial charge on any atom is -0.337 e. The van der Waals surface area contributed by atoms with Gasteiger partial charge in [-0.05, 0) is 36.2 Å². The minimum absolute atomic E-state index is 0.0287. The van der Waals surface area contributed by atoms with Crippen molar-refractivity contribution in [1.82, 2.24) is 20.0 Å².